The van der Waals surface area contributed by atoms with Crippen LogP contribution in [0, 0.1) is 23.7 Å². The SMILES string of the molecule is CC(C)Cn1c(SCC(=O)N[C@H](C)[C@@H]2C[C@H]3CC[C@H]2C3)nc2ncccc2c1=O. The summed E-state index contributed by atoms with van der Waals surface area (Å²) in [6.45, 7) is 6.85. The van der Waals surface area contributed by atoms with Crippen LogP contribution in [0.15, 0.2) is 28.3 Å². The van der Waals surface area contributed by atoms with Crippen molar-refractivity contribution < 1.29 is 4.79 Å². The highest BCUT2D eigenvalue weighted by atomic mass is 32.2. The number of pyridine rings is 1. The van der Waals surface area contributed by atoms with Gasteiger partial charge in [-0.2, -0.15) is 0 Å². The Hall–Kier alpha value is -1.89. The van der Waals surface area contributed by atoms with E-state index in [0.717, 1.165) is 11.8 Å². The molecule has 6 nitrogen and oxygen atoms in total. The lowest BCUT2D eigenvalue weighted by Gasteiger charge is -2.28. The van der Waals surface area contributed by atoms with Gasteiger partial charge in [-0.05, 0) is 62.0 Å². The Balaban J connectivity index is 1.45. The molecule has 2 fully saturated rings. The topological polar surface area (TPSA) is 76.9 Å². The number of hydrogen-bond acceptors (Lipinski definition) is 5. The van der Waals surface area contributed by atoms with Crippen LogP contribution < -0.4 is 10.9 Å². The van der Waals surface area contributed by atoms with E-state index in [1.807, 2.05) is 0 Å². The normalized spacial score (nSPS) is 24.3. The second kappa shape index (κ2) is 8.46. The molecule has 29 heavy (non-hydrogen) atoms. The van der Waals surface area contributed by atoms with Crippen molar-refractivity contribution >= 4 is 28.7 Å². The van der Waals surface area contributed by atoms with Crippen molar-refractivity contribution in [3.8, 4) is 0 Å². The molecule has 1 amide bonds. The smallest absolute Gasteiger partial charge is 0.263 e. The lowest BCUT2D eigenvalue weighted by Crippen LogP contribution is -2.41. The molecule has 7 heteroatoms. The van der Waals surface area contributed by atoms with E-state index in [0.29, 0.717) is 34.6 Å². The van der Waals surface area contributed by atoms with Gasteiger partial charge in [0.2, 0.25) is 5.91 Å². The number of amides is 1. The number of rotatable bonds is 7. The lowest BCUT2D eigenvalue weighted by molar-refractivity contribution is -0.119. The van der Waals surface area contributed by atoms with Gasteiger partial charge >= 0.3 is 0 Å². The molecule has 2 aliphatic rings. The van der Waals surface area contributed by atoms with Crippen molar-refractivity contribution in [2.75, 3.05) is 5.75 Å². The summed E-state index contributed by atoms with van der Waals surface area (Å²) in [6, 6.07) is 3.72. The van der Waals surface area contributed by atoms with Gasteiger partial charge in [0.1, 0.15) is 0 Å². The van der Waals surface area contributed by atoms with Gasteiger partial charge in [0, 0.05) is 18.8 Å². The molecule has 2 heterocycles. The lowest BCUT2D eigenvalue weighted by atomic mass is 9.84. The van der Waals surface area contributed by atoms with E-state index >= 15 is 0 Å². The molecule has 2 bridgehead atoms. The van der Waals surface area contributed by atoms with Crippen LogP contribution in [-0.2, 0) is 11.3 Å². The van der Waals surface area contributed by atoms with Crippen molar-refractivity contribution in [3.05, 3.63) is 28.7 Å². The Bertz CT molecular complexity index is 957. The molecule has 2 saturated carbocycles. The minimum Gasteiger partial charge on any atom is -0.353 e. The summed E-state index contributed by atoms with van der Waals surface area (Å²) >= 11 is 1.33. The Morgan fingerprint density at radius 3 is 2.83 bits per heavy atom. The Morgan fingerprint density at radius 1 is 1.31 bits per heavy atom. The summed E-state index contributed by atoms with van der Waals surface area (Å²) in [5.41, 5.74) is 0.353. The molecule has 2 aromatic rings. The third-order valence-electron chi connectivity index (χ3n) is 6.40. The van der Waals surface area contributed by atoms with Crippen LogP contribution >= 0.6 is 11.8 Å². The second-order valence-electron chi connectivity index (χ2n) is 9.06. The maximum atomic E-state index is 12.9. The number of thioether (sulfide) groups is 1. The van der Waals surface area contributed by atoms with E-state index < -0.39 is 0 Å². The molecule has 0 spiro atoms. The number of hydrogen-bond donors (Lipinski definition) is 1. The Morgan fingerprint density at radius 2 is 2.14 bits per heavy atom. The number of carbonyl (C=O) groups is 1. The van der Waals surface area contributed by atoms with Crippen molar-refractivity contribution in [3.63, 3.8) is 0 Å². The Labute approximate surface area is 175 Å². The molecule has 2 aromatic heterocycles. The fraction of sp³-hybridized carbons (Fsp3) is 0.636. The summed E-state index contributed by atoms with van der Waals surface area (Å²) in [5, 5.41) is 4.29. The van der Waals surface area contributed by atoms with E-state index in [4.69, 9.17) is 0 Å². The number of nitrogens with one attached hydrogen (secondary N) is 1. The maximum absolute atomic E-state index is 12.9. The number of fused-ring (bicyclic) bond motifs is 3. The van der Waals surface area contributed by atoms with E-state index in [1.165, 1.54) is 37.4 Å². The van der Waals surface area contributed by atoms with Gasteiger partial charge in [-0.25, -0.2) is 9.97 Å². The van der Waals surface area contributed by atoms with Gasteiger partial charge in [0.25, 0.3) is 5.56 Å². The molecule has 4 atom stereocenters. The molecule has 1 N–H and O–H groups in total. The highest BCUT2D eigenvalue weighted by Crippen LogP contribution is 2.49. The van der Waals surface area contributed by atoms with Gasteiger partial charge in [0.05, 0.1) is 11.1 Å². The van der Waals surface area contributed by atoms with Crippen LogP contribution in [0.2, 0.25) is 0 Å². The zero-order valence-electron chi connectivity index (χ0n) is 17.4. The van der Waals surface area contributed by atoms with Crippen molar-refractivity contribution in [1.82, 2.24) is 19.9 Å². The minimum atomic E-state index is -0.0879. The van der Waals surface area contributed by atoms with Crippen molar-refractivity contribution in [2.45, 2.75) is 64.2 Å². The zero-order valence-corrected chi connectivity index (χ0v) is 18.2. The average Bonchev–Trinajstić information content (AvgIpc) is 3.32. The van der Waals surface area contributed by atoms with Crippen LogP contribution in [0.25, 0.3) is 11.0 Å². The van der Waals surface area contributed by atoms with Crippen LogP contribution in [0.5, 0.6) is 0 Å². The quantitative estimate of drug-likeness (QED) is 0.554. The molecule has 0 saturated heterocycles. The molecule has 0 aromatic carbocycles. The summed E-state index contributed by atoms with van der Waals surface area (Å²) in [4.78, 5) is 34.4. The van der Waals surface area contributed by atoms with Crippen molar-refractivity contribution in [2.24, 2.45) is 23.7 Å². The van der Waals surface area contributed by atoms with Crippen molar-refractivity contribution in [1.29, 1.82) is 0 Å². The number of nitrogens with zero attached hydrogens (tertiary/aromatic N) is 3. The van der Waals surface area contributed by atoms with Gasteiger partial charge < -0.3 is 5.32 Å². The molecule has 0 radical (unpaired) electrons. The molecule has 0 aliphatic heterocycles. The van der Waals surface area contributed by atoms with Crippen LogP contribution in [0.3, 0.4) is 0 Å². The maximum Gasteiger partial charge on any atom is 0.263 e. The summed E-state index contributed by atoms with van der Waals surface area (Å²) < 4.78 is 1.69. The largest absolute Gasteiger partial charge is 0.353 e. The predicted octanol–water partition coefficient (Wildman–Crippen LogP) is 3.48. The highest BCUT2D eigenvalue weighted by Gasteiger charge is 2.42. The third-order valence-corrected chi connectivity index (χ3v) is 7.37. The second-order valence-corrected chi connectivity index (χ2v) is 10.0. The van der Waals surface area contributed by atoms with Crippen LogP contribution in [-0.4, -0.2) is 32.2 Å². The first-order valence-electron chi connectivity index (χ1n) is 10.7. The summed E-state index contributed by atoms with van der Waals surface area (Å²) in [5.74, 6) is 2.84. The van der Waals surface area contributed by atoms with E-state index in [-0.39, 0.29) is 23.3 Å². The standard InChI is InChI=1S/C22H30N4O2S/c1-13(2)11-26-21(28)17-5-4-8-23-20(17)25-22(26)29-12-19(27)24-14(3)18-10-15-6-7-16(18)9-15/h4-5,8,13-16,18H,6-7,9-12H2,1-3H3,(H,24,27)/t14-,15+,16+,18+/m1/s1. The van der Waals surface area contributed by atoms with E-state index in [9.17, 15) is 9.59 Å². The van der Waals surface area contributed by atoms with E-state index in [1.54, 1.807) is 22.9 Å². The van der Waals surface area contributed by atoms with Gasteiger partial charge in [-0.15, -0.1) is 0 Å². The predicted molar refractivity (Wildman–Crippen MR) is 116 cm³/mol. The minimum absolute atomic E-state index is 0.0109. The van der Waals surface area contributed by atoms with Gasteiger partial charge in [-0.1, -0.05) is 32.0 Å². The first kappa shape index (κ1) is 20.4. The third kappa shape index (κ3) is 4.34. The fourth-order valence-corrected chi connectivity index (χ4v) is 5.92. The first-order valence-corrected chi connectivity index (χ1v) is 11.7. The van der Waals surface area contributed by atoms with Crippen LogP contribution in [0.1, 0.15) is 46.5 Å². The van der Waals surface area contributed by atoms with Gasteiger partial charge in [0.15, 0.2) is 10.8 Å². The highest BCUT2D eigenvalue weighted by molar-refractivity contribution is 7.99. The molecule has 0 unspecified atom stereocenters. The Kier molecular flexibility index (Phi) is 5.95. The number of aromatic nitrogens is 3. The van der Waals surface area contributed by atoms with E-state index in [2.05, 4.69) is 36.1 Å². The summed E-state index contributed by atoms with van der Waals surface area (Å²) in [6.07, 6.45) is 6.92. The average molecular weight is 415 g/mol. The summed E-state index contributed by atoms with van der Waals surface area (Å²) in [7, 11) is 0. The molecule has 2 aliphatic carbocycles. The molecule has 156 valence electrons. The molecular formula is C22H30N4O2S. The monoisotopic (exact) mass is 414 g/mol. The number of carbonyl (C=O) groups excluding carboxylic acids is 1. The molecular weight excluding hydrogens is 384 g/mol. The van der Waals surface area contributed by atoms with Gasteiger partial charge in [-0.3, -0.25) is 14.2 Å². The zero-order chi connectivity index (χ0) is 20.5. The first-order chi connectivity index (χ1) is 13.9. The van der Waals surface area contributed by atoms with Crippen LogP contribution in [0.4, 0.5) is 0 Å². The molecule has 4 rings (SSSR count). The fourth-order valence-electron chi connectivity index (χ4n) is 5.11.